The highest BCUT2D eigenvalue weighted by atomic mass is 32.2. The molecule has 1 aromatic heterocycles. The third kappa shape index (κ3) is 2.37. The predicted molar refractivity (Wildman–Crippen MR) is 70.7 cm³/mol. The Morgan fingerprint density at radius 2 is 2.37 bits per heavy atom. The number of halogens is 1. The number of hydrogen-bond donors (Lipinski definition) is 1. The van der Waals surface area contributed by atoms with Crippen LogP contribution in [-0.2, 0) is 13.5 Å². The van der Waals surface area contributed by atoms with E-state index in [0.29, 0.717) is 12.4 Å². The summed E-state index contributed by atoms with van der Waals surface area (Å²) in [5, 5.41) is 8.52. The van der Waals surface area contributed by atoms with Crippen molar-refractivity contribution >= 4 is 17.7 Å². The lowest BCUT2D eigenvalue weighted by Crippen LogP contribution is -2.16. The molecule has 0 aliphatic carbocycles. The van der Waals surface area contributed by atoms with Gasteiger partial charge in [-0.05, 0) is 18.2 Å². The maximum absolute atomic E-state index is 13.1. The van der Waals surface area contributed by atoms with Gasteiger partial charge in [0, 0.05) is 24.8 Å². The fourth-order valence-electron chi connectivity index (χ4n) is 2.00. The molecule has 0 fully saturated rings. The van der Waals surface area contributed by atoms with Crippen molar-refractivity contribution in [3.8, 4) is 5.75 Å². The molecule has 2 heterocycles. The van der Waals surface area contributed by atoms with Crippen molar-refractivity contribution < 1.29 is 9.13 Å². The zero-order valence-electron chi connectivity index (χ0n) is 10.3. The maximum atomic E-state index is 13.1. The van der Waals surface area contributed by atoms with Gasteiger partial charge in [0.05, 0.1) is 0 Å². The number of rotatable bonds is 3. The van der Waals surface area contributed by atoms with Crippen LogP contribution in [0.15, 0.2) is 23.4 Å². The third-order valence-electron chi connectivity index (χ3n) is 3.03. The number of benzene rings is 1. The average molecular weight is 280 g/mol. The number of thioether (sulfide) groups is 1. The maximum Gasteiger partial charge on any atom is 0.222 e. The minimum Gasteiger partial charge on any atom is -0.489 e. The normalized spacial score (nSPS) is 17.3. The van der Waals surface area contributed by atoms with Gasteiger partial charge in [-0.25, -0.2) is 4.39 Å². The van der Waals surface area contributed by atoms with Gasteiger partial charge < -0.3 is 10.5 Å². The second-order valence-electron chi connectivity index (χ2n) is 4.41. The Morgan fingerprint density at radius 3 is 3.11 bits per heavy atom. The number of anilines is 1. The van der Waals surface area contributed by atoms with Gasteiger partial charge >= 0.3 is 0 Å². The molecule has 7 heteroatoms. The molecular weight excluding hydrogens is 267 g/mol. The van der Waals surface area contributed by atoms with Crippen molar-refractivity contribution in [1.29, 1.82) is 0 Å². The molecule has 100 valence electrons. The summed E-state index contributed by atoms with van der Waals surface area (Å²) in [5.74, 6) is 1.66. The van der Waals surface area contributed by atoms with E-state index in [2.05, 4.69) is 10.2 Å². The molecule has 1 unspecified atom stereocenters. The number of aromatic nitrogens is 3. The number of nitrogens with zero attached hydrogens (tertiary/aromatic N) is 3. The first-order chi connectivity index (χ1) is 9.13. The zero-order valence-corrected chi connectivity index (χ0v) is 11.2. The summed E-state index contributed by atoms with van der Waals surface area (Å²) in [6.07, 6.45) is 0.743. The summed E-state index contributed by atoms with van der Waals surface area (Å²) in [6, 6.07) is 4.62. The van der Waals surface area contributed by atoms with Crippen LogP contribution in [0, 0.1) is 5.82 Å². The van der Waals surface area contributed by atoms with E-state index in [1.54, 1.807) is 10.6 Å². The summed E-state index contributed by atoms with van der Waals surface area (Å²) in [5.41, 5.74) is 6.53. The molecule has 0 radical (unpaired) electrons. The van der Waals surface area contributed by atoms with Crippen LogP contribution in [0.1, 0.15) is 5.56 Å². The van der Waals surface area contributed by atoms with E-state index < -0.39 is 0 Å². The summed E-state index contributed by atoms with van der Waals surface area (Å²) < 4.78 is 20.6. The quantitative estimate of drug-likeness (QED) is 0.866. The highest BCUT2D eigenvalue weighted by Gasteiger charge is 2.24. The Morgan fingerprint density at radius 1 is 1.53 bits per heavy atom. The van der Waals surface area contributed by atoms with Gasteiger partial charge in [-0.2, -0.15) is 0 Å². The van der Waals surface area contributed by atoms with E-state index >= 15 is 0 Å². The number of nitrogens with two attached hydrogens (primary N) is 1. The number of hydrogen-bond acceptors (Lipinski definition) is 5. The van der Waals surface area contributed by atoms with Crippen molar-refractivity contribution in [2.45, 2.75) is 17.7 Å². The molecular formula is C12H13FN4OS. The first kappa shape index (κ1) is 12.3. The van der Waals surface area contributed by atoms with Crippen LogP contribution in [0.2, 0.25) is 0 Å². The van der Waals surface area contributed by atoms with E-state index in [-0.39, 0.29) is 11.9 Å². The second-order valence-corrected chi connectivity index (χ2v) is 5.39. The van der Waals surface area contributed by atoms with Gasteiger partial charge in [0.1, 0.15) is 17.7 Å². The van der Waals surface area contributed by atoms with E-state index in [1.165, 1.54) is 23.9 Å². The Hall–Kier alpha value is -1.76. The fraction of sp³-hybridized carbons (Fsp3) is 0.333. The van der Waals surface area contributed by atoms with E-state index in [0.717, 1.165) is 22.2 Å². The molecule has 0 bridgehead atoms. The SMILES string of the molecule is Cn1c(N)nnc1SCC1Cc2cc(F)ccc2O1. The summed E-state index contributed by atoms with van der Waals surface area (Å²) >= 11 is 1.53. The molecule has 1 aliphatic rings. The van der Waals surface area contributed by atoms with Crippen molar-refractivity contribution in [1.82, 2.24) is 14.8 Å². The van der Waals surface area contributed by atoms with Crippen LogP contribution < -0.4 is 10.5 Å². The first-order valence-corrected chi connectivity index (χ1v) is 6.85. The third-order valence-corrected chi connectivity index (χ3v) is 4.18. The summed E-state index contributed by atoms with van der Waals surface area (Å²) in [6.45, 7) is 0. The molecule has 2 N–H and O–H groups in total. The van der Waals surface area contributed by atoms with Gasteiger partial charge in [0.2, 0.25) is 5.95 Å². The van der Waals surface area contributed by atoms with Gasteiger partial charge in [-0.15, -0.1) is 10.2 Å². The average Bonchev–Trinajstić information content (AvgIpc) is 2.92. The lowest BCUT2D eigenvalue weighted by atomic mass is 10.1. The van der Waals surface area contributed by atoms with Crippen LogP contribution in [0.3, 0.4) is 0 Å². The van der Waals surface area contributed by atoms with Gasteiger partial charge in [-0.3, -0.25) is 4.57 Å². The van der Waals surface area contributed by atoms with Crippen LogP contribution in [-0.4, -0.2) is 26.6 Å². The number of nitrogen functional groups attached to an aromatic ring is 1. The molecule has 1 aromatic carbocycles. The standard InChI is InChI=1S/C12H13FN4OS/c1-17-11(14)15-16-12(17)19-6-9-5-7-4-8(13)2-3-10(7)18-9/h2-4,9H,5-6H2,1H3,(H2,14,15). The molecule has 5 nitrogen and oxygen atoms in total. The smallest absolute Gasteiger partial charge is 0.222 e. The van der Waals surface area contributed by atoms with Crippen LogP contribution in [0.5, 0.6) is 5.75 Å². The minimum absolute atomic E-state index is 0.0275. The monoisotopic (exact) mass is 280 g/mol. The van der Waals surface area contributed by atoms with Gasteiger partial charge in [0.25, 0.3) is 0 Å². The minimum atomic E-state index is -0.225. The number of ether oxygens (including phenoxy) is 1. The number of fused-ring (bicyclic) bond motifs is 1. The highest BCUT2D eigenvalue weighted by molar-refractivity contribution is 7.99. The molecule has 2 aromatic rings. The summed E-state index contributed by atoms with van der Waals surface area (Å²) in [4.78, 5) is 0. The molecule has 3 rings (SSSR count). The van der Waals surface area contributed by atoms with Crippen molar-refractivity contribution in [2.75, 3.05) is 11.5 Å². The first-order valence-electron chi connectivity index (χ1n) is 5.86. The molecule has 0 spiro atoms. The largest absolute Gasteiger partial charge is 0.489 e. The molecule has 1 atom stereocenters. The van der Waals surface area contributed by atoms with Gasteiger partial charge in [-0.1, -0.05) is 11.8 Å². The molecule has 1 aliphatic heterocycles. The van der Waals surface area contributed by atoms with Crippen LogP contribution >= 0.6 is 11.8 Å². The van der Waals surface area contributed by atoms with Crippen molar-refractivity contribution in [2.24, 2.45) is 7.05 Å². The van der Waals surface area contributed by atoms with Crippen molar-refractivity contribution in [3.63, 3.8) is 0 Å². The Kier molecular flexibility index (Phi) is 3.06. The molecule has 0 amide bonds. The molecule has 0 saturated heterocycles. The molecule has 0 saturated carbocycles. The van der Waals surface area contributed by atoms with Crippen LogP contribution in [0.25, 0.3) is 0 Å². The lowest BCUT2D eigenvalue weighted by molar-refractivity contribution is 0.259. The lowest BCUT2D eigenvalue weighted by Gasteiger charge is -2.09. The topological polar surface area (TPSA) is 66.0 Å². The van der Waals surface area contributed by atoms with E-state index in [4.69, 9.17) is 10.5 Å². The van der Waals surface area contributed by atoms with E-state index in [1.807, 2.05) is 7.05 Å². The fourth-order valence-corrected chi connectivity index (χ4v) is 2.91. The Balaban J connectivity index is 1.63. The van der Waals surface area contributed by atoms with Crippen molar-refractivity contribution in [3.05, 3.63) is 29.6 Å². The van der Waals surface area contributed by atoms with E-state index in [9.17, 15) is 4.39 Å². The highest BCUT2D eigenvalue weighted by Crippen LogP contribution is 2.31. The Bertz CT molecular complexity index is 616. The zero-order chi connectivity index (χ0) is 13.4. The predicted octanol–water partition coefficient (Wildman–Crippen LogP) is 1.63. The Labute approximate surface area is 114 Å². The summed E-state index contributed by atoms with van der Waals surface area (Å²) in [7, 11) is 1.82. The second kappa shape index (κ2) is 4.73. The van der Waals surface area contributed by atoms with Crippen LogP contribution in [0.4, 0.5) is 10.3 Å². The molecule has 19 heavy (non-hydrogen) atoms. The van der Waals surface area contributed by atoms with Gasteiger partial charge in [0.15, 0.2) is 5.16 Å².